The largest absolute Gasteiger partial charge is 0.461 e. The zero-order chi connectivity index (χ0) is 18.9. The molecule has 140 valence electrons. The maximum Gasteiger partial charge on any atom is 0.311 e. The molecule has 2 aliphatic carbocycles. The SMILES string of the molecule is CC1CC2=C(CSc3ccccc3)C(=O)CCC2[C@@H]1OC(=O)C(C)(C)C. The van der Waals surface area contributed by atoms with Crippen LogP contribution in [0.15, 0.2) is 46.4 Å². The van der Waals surface area contributed by atoms with Crippen LogP contribution in [0, 0.1) is 17.3 Å². The Morgan fingerprint density at radius 3 is 2.58 bits per heavy atom. The molecule has 0 radical (unpaired) electrons. The van der Waals surface area contributed by atoms with Crippen LogP contribution < -0.4 is 0 Å². The Kier molecular flexibility index (Phi) is 5.61. The first kappa shape index (κ1) is 19.2. The number of Topliss-reactive ketones (excluding diaryl/α,β-unsaturated/α-hetero) is 1. The fraction of sp³-hybridized carbons (Fsp3) is 0.545. The molecule has 2 aliphatic rings. The van der Waals surface area contributed by atoms with E-state index >= 15 is 0 Å². The van der Waals surface area contributed by atoms with Crippen LogP contribution in [0.2, 0.25) is 0 Å². The average Bonchev–Trinajstić information content (AvgIpc) is 2.90. The van der Waals surface area contributed by atoms with Gasteiger partial charge in [-0.3, -0.25) is 9.59 Å². The number of esters is 1. The Morgan fingerprint density at radius 2 is 1.92 bits per heavy atom. The predicted octanol–water partition coefficient (Wildman–Crippen LogP) is 5.05. The highest BCUT2D eigenvalue weighted by molar-refractivity contribution is 7.99. The second-order valence-corrected chi connectivity index (χ2v) is 9.52. The van der Waals surface area contributed by atoms with Gasteiger partial charge >= 0.3 is 5.97 Å². The van der Waals surface area contributed by atoms with Crippen molar-refractivity contribution in [1.29, 1.82) is 0 Å². The van der Waals surface area contributed by atoms with Crippen LogP contribution in [0.5, 0.6) is 0 Å². The minimum absolute atomic E-state index is 0.0958. The van der Waals surface area contributed by atoms with Crippen molar-refractivity contribution in [3.8, 4) is 0 Å². The third-order valence-electron chi connectivity index (χ3n) is 5.34. The molecular formula is C22H28O3S. The lowest BCUT2D eigenvalue weighted by Gasteiger charge is -2.29. The summed E-state index contributed by atoms with van der Waals surface area (Å²) in [6.07, 6.45) is 2.14. The Labute approximate surface area is 160 Å². The van der Waals surface area contributed by atoms with E-state index in [1.807, 2.05) is 39.0 Å². The van der Waals surface area contributed by atoms with E-state index in [2.05, 4.69) is 19.1 Å². The van der Waals surface area contributed by atoms with Gasteiger partial charge < -0.3 is 4.74 Å². The van der Waals surface area contributed by atoms with Crippen LogP contribution in [0.4, 0.5) is 0 Å². The molecule has 0 heterocycles. The number of hydrogen-bond acceptors (Lipinski definition) is 4. The van der Waals surface area contributed by atoms with Crippen LogP contribution in [0.3, 0.4) is 0 Å². The molecule has 3 nitrogen and oxygen atoms in total. The maximum absolute atomic E-state index is 12.6. The summed E-state index contributed by atoms with van der Waals surface area (Å²) in [6, 6.07) is 10.2. The summed E-state index contributed by atoms with van der Waals surface area (Å²) in [7, 11) is 0. The van der Waals surface area contributed by atoms with Crippen molar-refractivity contribution in [3.05, 3.63) is 41.5 Å². The number of fused-ring (bicyclic) bond motifs is 1. The standard InChI is InChI=1S/C22H28O3S/c1-14-12-17-16(20(14)25-21(24)22(2,3)4)10-11-19(23)18(17)13-26-15-8-6-5-7-9-15/h5-9,14,16,20H,10-13H2,1-4H3/t14?,16?,20-/m1/s1. The monoisotopic (exact) mass is 372 g/mol. The van der Waals surface area contributed by atoms with Crippen molar-refractivity contribution < 1.29 is 14.3 Å². The molecule has 1 aromatic rings. The lowest BCUT2D eigenvalue weighted by molar-refractivity contribution is -0.162. The molecule has 1 aromatic carbocycles. The van der Waals surface area contributed by atoms with E-state index < -0.39 is 5.41 Å². The molecule has 0 spiro atoms. The number of ether oxygens (including phenoxy) is 1. The van der Waals surface area contributed by atoms with Crippen molar-refractivity contribution in [3.63, 3.8) is 0 Å². The Bertz CT molecular complexity index is 715. The fourth-order valence-corrected chi connectivity index (χ4v) is 4.86. The first-order chi connectivity index (χ1) is 12.3. The van der Waals surface area contributed by atoms with E-state index in [0.29, 0.717) is 12.2 Å². The minimum atomic E-state index is -0.497. The molecular weight excluding hydrogens is 344 g/mol. The van der Waals surface area contributed by atoms with Crippen LogP contribution in [-0.4, -0.2) is 23.6 Å². The smallest absolute Gasteiger partial charge is 0.311 e. The topological polar surface area (TPSA) is 43.4 Å². The third-order valence-corrected chi connectivity index (χ3v) is 6.37. The Hall–Kier alpha value is -1.55. The van der Waals surface area contributed by atoms with E-state index in [-0.39, 0.29) is 29.7 Å². The van der Waals surface area contributed by atoms with Crippen LogP contribution in [0.25, 0.3) is 0 Å². The summed E-state index contributed by atoms with van der Waals surface area (Å²) in [5, 5.41) is 0. The van der Waals surface area contributed by atoms with Crippen molar-refractivity contribution in [1.82, 2.24) is 0 Å². The Balaban J connectivity index is 1.79. The van der Waals surface area contributed by atoms with Gasteiger partial charge in [-0.25, -0.2) is 0 Å². The first-order valence-corrected chi connectivity index (χ1v) is 10.4. The molecule has 0 amide bonds. The molecule has 4 heteroatoms. The van der Waals surface area contributed by atoms with Crippen LogP contribution in [-0.2, 0) is 14.3 Å². The zero-order valence-electron chi connectivity index (χ0n) is 16.1. The molecule has 0 aromatic heterocycles. The molecule has 0 N–H and O–H groups in total. The van der Waals surface area contributed by atoms with Gasteiger partial charge in [-0.05, 0) is 51.7 Å². The predicted molar refractivity (Wildman–Crippen MR) is 105 cm³/mol. The van der Waals surface area contributed by atoms with E-state index in [1.165, 1.54) is 10.5 Å². The second kappa shape index (κ2) is 7.59. The van der Waals surface area contributed by atoms with E-state index in [1.54, 1.807) is 11.8 Å². The molecule has 2 unspecified atom stereocenters. The summed E-state index contributed by atoms with van der Waals surface area (Å²) in [5.74, 6) is 1.31. The van der Waals surface area contributed by atoms with Crippen molar-refractivity contribution >= 4 is 23.5 Å². The highest BCUT2D eigenvalue weighted by Gasteiger charge is 2.45. The van der Waals surface area contributed by atoms with Crippen molar-refractivity contribution in [2.75, 3.05) is 5.75 Å². The normalized spacial score (nSPS) is 26.0. The second-order valence-electron chi connectivity index (χ2n) is 8.48. The van der Waals surface area contributed by atoms with Crippen molar-refractivity contribution in [2.24, 2.45) is 17.3 Å². The van der Waals surface area contributed by atoms with Gasteiger partial charge in [0.05, 0.1) is 5.41 Å². The van der Waals surface area contributed by atoms with E-state index in [9.17, 15) is 9.59 Å². The van der Waals surface area contributed by atoms with E-state index in [0.717, 1.165) is 18.4 Å². The number of carbonyl (C=O) groups is 2. The fourth-order valence-electron chi connectivity index (χ4n) is 3.86. The van der Waals surface area contributed by atoms with Crippen molar-refractivity contribution in [2.45, 2.75) is 58.0 Å². The number of carbonyl (C=O) groups excluding carboxylic acids is 2. The number of thioether (sulfide) groups is 1. The Morgan fingerprint density at radius 1 is 1.23 bits per heavy atom. The summed E-state index contributed by atoms with van der Waals surface area (Å²) < 4.78 is 5.91. The number of ketones is 1. The first-order valence-electron chi connectivity index (χ1n) is 9.41. The number of hydrogen-bond donors (Lipinski definition) is 0. The number of rotatable bonds is 4. The minimum Gasteiger partial charge on any atom is -0.461 e. The lowest BCUT2D eigenvalue weighted by Crippen LogP contribution is -2.34. The van der Waals surface area contributed by atoms with Gasteiger partial charge in [0.2, 0.25) is 0 Å². The highest BCUT2D eigenvalue weighted by Crippen LogP contribution is 2.46. The van der Waals surface area contributed by atoms with Crippen LogP contribution in [0.1, 0.15) is 47.0 Å². The average molecular weight is 373 g/mol. The zero-order valence-corrected chi connectivity index (χ0v) is 16.9. The van der Waals surface area contributed by atoms with Gasteiger partial charge in [0.1, 0.15) is 6.10 Å². The molecule has 3 rings (SSSR count). The van der Waals surface area contributed by atoms with Crippen LogP contribution >= 0.6 is 11.8 Å². The van der Waals surface area contributed by atoms with Gasteiger partial charge in [-0.2, -0.15) is 0 Å². The molecule has 3 atom stereocenters. The van der Waals surface area contributed by atoms with E-state index in [4.69, 9.17) is 4.74 Å². The molecule has 26 heavy (non-hydrogen) atoms. The van der Waals surface area contributed by atoms with Gasteiger partial charge in [0, 0.05) is 28.6 Å². The molecule has 1 saturated carbocycles. The maximum atomic E-state index is 12.6. The molecule has 0 saturated heterocycles. The highest BCUT2D eigenvalue weighted by atomic mass is 32.2. The summed E-state index contributed by atoms with van der Waals surface area (Å²) in [5.41, 5.74) is 1.71. The summed E-state index contributed by atoms with van der Waals surface area (Å²) in [6.45, 7) is 7.80. The van der Waals surface area contributed by atoms with Gasteiger partial charge in [0.25, 0.3) is 0 Å². The summed E-state index contributed by atoms with van der Waals surface area (Å²) in [4.78, 5) is 26.1. The quantitative estimate of drug-likeness (QED) is 0.548. The third kappa shape index (κ3) is 4.06. The molecule has 0 aliphatic heterocycles. The molecule has 1 fully saturated rings. The van der Waals surface area contributed by atoms with Gasteiger partial charge in [0.15, 0.2) is 5.78 Å². The van der Waals surface area contributed by atoms with Gasteiger partial charge in [-0.15, -0.1) is 11.8 Å². The summed E-state index contributed by atoms with van der Waals surface area (Å²) >= 11 is 1.71. The van der Waals surface area contributed by atoms with Gasteiger partial charge in [-0.1, -0.05) is 30.7 Å². The lowest BCUT2D eigenvalue weighted by atomic mass is 9.83. The molecule has 0 bridgehead atoms. The number of benzene rings is 1.